The van der Waals surface area contributed by atoms with Gasteiger partial charge in [-0.2, -0.15) is 5.10 Å². The molecular weight excluding hydrogens is 382 g/mol. The van der Waals surface area contributed by atoms with E-state index < -0.39 is 0 Å². The third kappa shape index (κ3) is 4.27. The zero-order chi connectivity index (χ0) is 21.1. The molecule has 1 fully saturated rings. The molecular formula is C22H25N5O3. The topological polar surface area (TPSA) is 102 Å². The van der Waals surface area contributed by atoms with Crippen LogP contribution in [0.25, 0.3) is 5.69 Å². The zero-order valence-corrected chi connectivity index (χ0v) is 17.1. The fraction of sp³-hybridized carbons (Fsp3) is 0.364. The Morgan fingerprint density at radius 3 is 2.53 bits per heavy atom. The summed E-state index contributed by atoms with van der Waals surface area (Å²) in [6.07, 6.45) is 4.01. The molecule has 1 saturated carbocycles. The molecule has 2 unspecified atom stereocenters. The van der Waals surface area contributed by atoms with Gasteiger partial charge in [0.05, 0.1) is 17.8 Å². The lowest BCUT2D eigenvalue weighted by Gasteiger charge is -2.14. The monoisotopic (exact) mass is 407 g/mol. The molecule has 2 aromatic heterocycles. The van der Waals surface area contributed by atoms with E-state index in [0.717, 1.165) is 35.5 Å². The van der Waals surface area contributed by atoms with Crippen molar-refractivity contribution < 1.29 is 14.1 Å². The fourth-order valence-electron chi connectivity index (χ4n) is 4.02. The molecule has 2 amide bonds. The van der Waals surface area contributed by atoms with Gasteiger partial charge in [0.1, 0.15) is 6.26 Å². The van der Waals surface area contributed by atoms with Gasteiger partial charge >= 0.3 is 0 Å². The van der Waals surface area contributed by atoms with E-state index in [1.54, 1.807) is 0 Å². The van der Waals surface area contributed by atoms with Crippen LogP contribution in [0.1, 0.15) is 46.7 Å². The number of aromatic nitrogens is 3. The number of aryl methyl sites for hydroxylation is 1. The predicted molar refractivity (Wildman–Crippen MR) is 110 cm³/mol. The molecule has 0 aliphatic heterocycles. The second-order valence-electron chi connectivity index (χ2n) is 7.71. The number of hydrogen-bond acceptors (Lipinski definition) is 5. The minimum absolute atomic E-state index is 0.0174. The van der Waals surface area contributed by atoms with E-state index in [-0.39, 0.29) is 36.0 Å². The van der Waals surface area contributed by atoms with Crippen molar-refractivity contribution in [3.8, 4) is 5.69 Å². The number of amides is 2. The van der Waals surface area contributed by atoms with Crippen LogP contribution in [0.3, 0.4) is 0 Å². The Kier molecular flexibility index (Phi) is 5.65. The van der Waals surface area contributed by atoms with Crippen molar-refractivity contribution in [2.45, 2.75) is 51.6 Å². The van der Waals surface area contributed by atoms with E-state index >= 15 is 0 Å². The lowest BCUT2D eigenvalue weighted by Crippen LogP contribution is -2.37. The molecule has 30 heavy (non-hydrogen) atoms. The Morgan fingerprint density at radius 2 is 1.83 bits per heavy atom. The van der Waals surface area contributed by atoms with Crippen molar-refractivity contribution in [2.24, 2.45) is 0 Å². The third-order valence-electron chi connectivity index (χ3n) is 5.58. The molecule has 2 atom stereocenters. The molecule has 1 aliphatic rings. The molecule has 1 aliphatic carbocycles. The van der Waals surface area contributed by atoms with Crippen molar-refractivity contribution in [3.63, 3.8) is 0 Å². The van der Waals surface area contributed by atoms with Gasteiger partial charge in [-0.1, -0.05) is 23.4 Å². The van der Waals surface area contributed by atoms with E-state index in [0.29, 0.717) is 6.42 Å². The number of nitrogens with zero attached hydrogens (tertiary/aromatic N) is 3. The summed E-state index contributed by atoms with van der Waals surface area (Å²) < 4.78 is 6.58. The Morgan fingerprint density at radius 1 is 1.10 bits per heavy atom. The highest BCUT2D eigenvalue weighted by Gasteiger charge is 2.28. The summed E-state index contributed by atoms with van der Waals surface area (Å²) in [6.45, 7) is 3.92. The molecule has 8 nitrogen and oxygen atoms in total. The van der Waals surface area contributed by atoms with Crippen LogP contribution in [-0.4, -0.2) is 38.8 Å². The summed E-state index contributed by atoms with van der Waals surface area (Å²) in [5, 5.41) is 14.3. The fourth-order valence-corrected chi connectivity index (χ4v) is 4.02. The van der Waals surface area contributed by atoms with E-state index in [1.165, 1.54) is 12.3 Å². The first-order chi connectivity index (χ1) is 14.5. The second kappa shape index (κ2) is 8.52. The van der Waals surface area contributed by atoms with Crippen LogP contribution in [0.5, 0.6) is 0 Å². The third-order valence-corrected chi connectivity index (χ3v) is 5.58. The first kappa shape index (κ1) is 19.9. The Hall–Kier alpha value is -3.42. The number of carbonyl (C=O) groups excluding carboxylic acids is 2. The van der Waals surface area contributed by atoms with Gasteiger partial charge in [-0.15, -0.1) is 0 Å². The minimum Gasteiger partial charge on any atom is -0.364 e. The van der Waals surface area contributed by atoms with Gasteiger partial charge in [-0.3, -0.25) is 9.59 Å². The van der Waals surface area contributed by atoms with Crippen molar-refractivity contribution in [3.05, 3.63) is 65.3 Å². The molecule has 0 saturated heterocycles. The van der Waals surface area contributed by atoms with Crippen LogP contribution in [0.15, 0.2) is 47.2 Å². The van der Waals surface area contributed by atoms with Crippen LogP contribution in [0.4, 0.5) is 0 Å². The van der Waals surface area contributed by atoms with E-state index in [4.69, 9.17) is 4.52 Å². The maximum absolute atomic E-state index is 12.7. The lowest BCUT2D eigenvalue weighted by molar-refractivity contribution is -0.121. The Balaban J connectivity index is 1.33. The summed E-state index contributed by atoms with van der Waals surface area (Å²) in [4.78, 5) is 24.8. The molecule has 0 bridgehead atoms. The van der Waals surface area contributed by atoms with Gasteiger partial charge in [-0.05, 0) is 45.2 Å². The second-order valence-corrected chi connectivity index (χ2v) is 7.71. The summed E-state index contributed by atoms with van der Waals surface area (Å²) in [5.74, 6) is -0.275. The molecule has 2 heterocycles. The first-order valence-electron chi connectivity index (χ1n) is 10.1. The maximum atomic E-state index is 12.7. The highest BCUT2D eigenvalue weighted by atomic mass is 16.5. The van der Waals surface area contributed by atoms with Crippen molar-refractivity contribution in [2.75, 3.05) is 0 Å². The highest BCUT2D eigenvalue weighted by Crippen LogP contribution is 2.21. The summed E-state index contributed by atoms with van der Waals surface area (Å²) >= 11 is 0. The maximum Gasteiger partial charge on any atom is 0.273 e. The van der Waals surface area contributed by atoms with Crippen molar-refractivity contribution in [1.82, 2.24) is 25.6 Å². The van der Waals surface area contributed by atoms with Gasteiger partial charge in [0.25, 0.3) is 5.91 Å². The molecule has 8 heteroatoms. The van der Waals surface area contributed by atoms with Crippen molar-refractivity contribution >= 4 is 11.8 Å². The smallest absolute Gasteiger partial charge is 0.273 e. The number of carbonyl (C=O) groups is 2. The largest absolute Gasteiger partial charge is 0.364 e. The zero-order valence-electron chi connectivity index (χ0n) is 17.1. The van der Waals surface area contributed by atoms with Crippen LogP contribution < -0.4 is 10.6 Å². The highest BCUT2D eigenvalue weighted by molar-refractivity contribution is 5.92. The minimum atomic E-state index is -0.250. The number of nitrogens with one attached hydrogen (secondary N) is 2. The first-order valence-corrected chi connectivity index (χ1v) is 10.1. The number of para-hydroxylation sites is 1. The standard InChI is InChI=1S/C22H25N5O3/c1-14-19(15(2)27(25-14)18-6-4-3-5-7-18)13-21(28)23-16-8-9-17(12-16)24-22(29)20-10-11-30-26-20/h3-7,10-11,16-17H,8-9,12-13H2,1-2H3,(H,23,28)(H,24,29). The summed E-state index contributed by atoms with van der Waals surface area (Å²) in [5.41, 5.74) is 4.02. The molecule has 4 rings (SSSR count). The normalized spacial score (nSPS) is 18.3. The number of benzene rings is 1. The van der Waals surface area contributed by atoms with Crippen LogP contribution in [-0.2, 0) is 11.2 Å². The van der Waals surface area contributed by atoms with Gasteiger partial charge in [0.15, 0.2) is 5.69 Å². The van der Waals surface area contributed by atoms with Crippen molar-refractivity contribution in [1.29, 1.82) is 0 Å². The van der Waals surface area contributed by atoms with Crippen LogP contribution >= 0.6 is 0 Å². The van der Waals surface area contributed by atoms with E-state index in [1.807, 2.05) is 48.9 Å². The van der Waals surface area contributed by atoms with Crippen LogP contribution in [0, 0.1) is 13.8 Å². The lowest BCUT2D eigenvalue weighted by atomic mass is 10.1. The summed E-state index contributed by atoms with van der Waals surface area (Å²) in [6, 6.07) is 11.5. The SMILES string of the molecule is Cc1nn(-c2ccccc2)c(C)c1CC(=O)NC1CCC(NC(=O)c2ccon2)C1. The van der Waals surface area contributed by atoms with Crippen LogP contribution in [0.2, 0.25) is 0 Å². The summed E-state index contributed by atoms with van der Waals surface area (Å²) in [7, 11) is 0. The number of rotatable bonds is 6. The van der Waals surface area contributed by atoms with Gasteiger partial charge in [0.2, 0.25) is 5.91 Å². The Labute approximate surface area is 174 Å². The quantitative estimate of drug-likeness (QED) is 0.654. The Bertz CT molecular complexity index is 1030. The van der Waals surface area contributed by atoms with E-state index in [2.05, 4.69) is 20.9 Å². The number of hydrogen-bond donors (Lipinski definition) is 2. The average Bonchev–Trinajstić information content (AvgIpc) is 3.47. The molecule has 1 aromatic carbocycles. The van der Waals surface area contributed by atoms with E-state index in [9.17, 15) is 9.59 Å². The molecule has 3 aromatic rings. The van der Waals surface area contributed by atoms with Gasteiger partial charge in [0, 0.05) is 29.4 Å². The molecule has 2 N–H and O–H groups in total. The molecule has 0 radical (unpaired) electrons. The predicted octanol–water partition coefficient (Wildman–Crippen LogP) is 2.49. The molecule has 156 valence electrons. The molecule has 0 spiro atoms. The van der Waals surface area contributed by atoms with Gasteiger partial charge in [-0.25, -0.2) is 4.68 Å². The average molecular weight is 407 g/mol. The van der Waals surface area contributed by atoms with Gasteiger partial charge < -0.3 is 15.2 Å².